The van der Waals surface area contributed by atoms with Crippen LogP contribution in [0.2, 0.25) is 0 Å². The number of fused-ring (bicyclic) bond motifs is 15. The van der Waals surface area contributed by atoms with Gasteiger partial charge in [-0.15, -0.1) is 0 Å². The quantitative estimate of drug-likeness (QED) is 0.170. The number of nitrogens with zero attached hydrogens (tertiary/aromatic N) is 1. The molecule has 2 aliphatic rings. The van der Waals surface area contributed by atoms with Gasteiger partial charge < -0.3 is 9.32 Å². The Bertz CT molecular complexity index is 3120. The summed E-state index contributed by atoms with van der Waals surface area (Å²) in [6, 6.07) is 73.2. The van der Waals surface area contributed by atoms with Gasteiger partial charge in [0, 0.05) is 33.2 Å². The third-order valence-electron chi connectivity index (χ3n) is 12.0. The number of hydrogen-bond donors (Lipinski definition) is 0. The normalized spacial score (nSPS) is 13.2. The monoisotopic (exact) mass is 699 g/mol. The highest BCUT2D eigenvalue weighted by atomic mass is 16.3. The second-order valence-electron chi connectivity index (χ2n) is 14.8. The molecular formula is C53H33NO. The summed E-state index contributed by atoms with van der Waals surface area (Å²) in [7, 11) is 0. The van der Waals surface area contributed by atoms with E-state index in [1.807, 2.05) is 0 Å². The van der Waals surface area contributed by atoms with E-state index in [0.29, 0.717) is 0 Å². The van der Waals surface area contributed by atoms with Crippen molar-refractivity contribution in [2.75, 3.05) is 4.90 Å². The van der Waals surface area contributed by atoms with Gasteiger partial charge in [-0.2, -0.15) is 0 Å². The van der Waals surface area contributed by atoms with Crippen molar-refractivity contribution in [1.82, 2.24) is 0 Å². The molecule has 2 aliphatic carbocycles. The van der Waals surface area contributed by atoms with Gasteiger partial charge in [-0.1, -0.05) is 164 Å². The first-order chi connectivity index (χ1) is 27.3. The average Bonchev–Trinajstić information content (AvgIpc) is 3.88. The Morgan fingerprint density at radius 3 is 1.76 bits per heavy atom. The summed E-state index contributed by atoms with van der Waals surface area (Å²) in [5, 5.41) is 6.06. The molecule has 0 atom stereocenters. The number of benzene rings is 9. The maximum Gasteiger partial charge on any atom is 0.140 e. The summed E-state index contributed by atoms with van der Waals surface area (Å²) < 4.78 is 6.89. The molecular weight excluding hydrogens is 667 g/mol. The van der Waals surface area contributed by atoms with Crippen LogP contribution in [0, 0.1) is 0 Å². The molecule has 2 heteroatoms. The molecule has 12 rings (SSSR count). The molecule has 2 nitrogen and oxygen atoms in total. The zero-order valence-electron chi connectivity index (χ0n) is 29.9. The lowest BCUT2D eigenvalue weighted by molar-refractivity contribution is 0.628. The molecule has 1 spiro atoms. The Labute approximate surface area is 319 Å². The molecule has 0 N–H and O–H groups in total. The second-order valence-corrected chi connectivity index (χ2v) is 14.8. The third-order valence-corrected chi connectivity index (χ3v) is 12.0. The first kappa shape index (κ1) is 30.3. The van der Waals surface area contributed by atoms with Crippen molar-refractivity contribution in [2.45, 2.75) is 5.41 Å². The minimum Gasteiger partial charge on any atom is -0.456 e. The Hall–Kier alpha value is -7.16. The minimum absolute atomic E-state index is 0.559. The van der Waals surface area contributed by atoms with E-state index in [2.05, 4.69) is 205 Å². The Morgan fingerprint density at radius 2 is 0.982 bits per heavy atom. The summed E-state index contributed by atoms with van der Waals surface area (Å²) in [6.45, 7) is 0. The molecule has 0 fully saturated rings. The van der Waals surface area contributed by atoms with Crippen LogP contribution in [0.4, 0.5) is 17.1 Å². The Balaban J connectivity index is 1.21. The van der Waals surface area contributed by atoms with Gasteiger partial charge in [0.2, 0.25) is 0 Å². The van der Waals surface area contributed by atoms with E-state index in [1.165, 1.54) is 66.1 Å². The van der Waals surface area contributed by atoms with Crippen molar-refractivity contribution in [1.29, 1.82) is 0 Å². The highest BCUT2D eigenvalue weighted by molar-refractivity contribution is 6.15. The Kier molecular flexibility index (Phi) is 6.29. The lowest BCUT2D eigenvalue weighted by atomic mass is 9.70. The summed E-state index contributed by atoms with van der Waals surface area (Å²) in [6.07, 6.45) is 0. The largest absolute Gasteiger partial charge is 0.456 e. The Morgan fingerprint density at radius 1 is 0.382 bits per heavy atom. The number of para-hydroxylation sites is 2. The lowest BCUT2D eigenvalue weighted by Crippen LogP contribution is -2.26. The van der Waals surface area contributed by atoms with E-state index < -0.39 is 5.41 Å². The fourth-order valence-corrected chi connectivity index (χ4v) is 9.87. The van der Waals surface area contributed by atoms with Crippen LogP contribution in [-0.4, -0.2) is 0 Å². The molecule has 1 heterocycles. The van der Waals surface area contributed by atoms with E-state index in [4.69, 9.17) is 4.42 Å². The van der Waals surface area contributed by atoms with Crippen LogP contribution in [0.5, 0.6) is 0 Å². The van der Waals surface area contributed by atoms with Crippen molar-refractivity contribution in [3.8, 4) is 33.6 Å². The minimum atomic E-state index is -0.559. The molecule has 256 valence electrons. The molecule has 1 aromatic heterocycles. The molecule has 0 aliphatic heterocycles. The van der Waals surface area contributed by atoms with E-state index in [9.17, 15) is 0 Å². The van der Waals surface area contributed by atoms with E-state index in [0.717, 1.165) is 39.4 Å². The van der Waals surface area contributed by atoms with Crippen molar-refractivity contribution in [3.63, 3.8) is 0 Å². The van der Waals surface area contributed by atoms with Crippen molar-refractivity contribution in [2.24, 2.45) is 0 Å². The van der Waals surface area contributed by atoms with Gasteiger partial charge in [0.1, 0.15) is 11.3 Å². The zero-order valence-corrected chi connectivity index (χ0v) is 29.9. The fraction of sp³-hybridized carbons (Fsp3) is 0.0189. The molecule has 0 saturated carbocycles. The van der Waals surface area contributed by atoms with Gasteiger partial charge in [0.05, 0.1) is 16.8 Å². The molecule has 0 amide bonds. The first-order valence-electron chi connectivity index (χ1n) is 19.0. The molecule has 0 unspecified atom stereocenters. The van der Waals surface area contributed by atoms with Crippen molar-refractivity contribution >= 4 is 49.6 Å². The highest BCUT2D eigenvalue weighted by Gasteiger charge is 2.54. The summed E-state index contributed by atoms with van der Waals surface area (Å²) >= 11 is 0. The topological polar surface area (TPSA) is 16.4 Å². The molecule has 0 radical (unpaired) electrons. The average molecular weight is 700 g/mol. The molecule has 9 aromatic carbocycles. The van der Waals surface area contributed by atoms with Gasteiger partial charge in [-0.25, -0.2) is 0 Å². The fourth-order valence-electron chi connectivity index (χ4n) is 9.87. The second kappa shape index (κ2) is 11.4. The first-order valence-corrected chi connectivity index (χ1v) is 19.0. The van der Waals surface area contributed by atoms with Crippen molar-refractivity contribution in [3.05, 3.63) is 222 Å². The highest BCUT2D eigenvalue weighted by Crippen LogP contribution is 2.65. The van der Waals surface area contributed by atoms with Gasteiger partial charge >= 0.3 is 0 Å². The summed E-state index contributed by atoms with van der Waals surface area (Å²) in [5.74, 6) is 0.960. The predicted molar refractivity (Wildman–Crippen MR) is 228 cm³/mol. The SMILES string of the molecule is c1ccc(-c2ccccc2N(c2ccc3c(c2)C2(c4ccccc4-c4ccccc42)c2c-3oc3ccccc23)c2cc3ccccc3c3ccccc23)cc1. The smallest absolute Gasteiger partial charge is 0.140 e. The molecule has 0 bridgehead atoms. The summed E-state index contributed by atoms with van der Waals surface area (Å²) in [4.78, 5) is 2.50. The molecule has 10 aromatic rings. The zero-order chi connectivity index (χ0) is 36.1. The van der Waals surface area contributed by atoms with Crippen LogP contribution in [0.15, 0.2) is 205 Å². The number of rotatable bonds is 4. The van der Waals surface area contributed by atoms with Gasteiger partial charge in [-0.05, 0) is 85.9 Å². The van der Waals surface area contributed by atoms with Crippen LogP contribution in [0.1, 0.15) is 22.3 Å². The summed E-state index contributed by atoms with van der Waals surface area (Å²) in [5.41, 5.74) is 14.8. The lowest BCUT2D eigenvalue weighted by Gasteiger charge is -2.33. The van der Waals surface area contributed by atoms with Gasteiger partial charge in [-0.3, -0.25) is 0 Å². The van der Waals surface area contributed by atoms with Gasteiger partial charge in [0.15, 0.2) is 0 Å². The van der Waals surface area contributed by atoms with E-state index >= 15 is 0 Å². The van der Waals surface area contributed by atoms with Crippen LogP contribution in [-0.2, 0) is 5.41 Å². The molecule has 0 saturated heterocycles. The number of anilines is 3. The van der Waals surface area contributed by atoms with Crippen LogP contribution in [0.25, 0.3) is 66.1 Å². The van der Waals surface area contributed by atoms with E-state index in [-0.39, 0.29) is 0 Å². The number of furan rings is 1. The van der Waals surface area contributed by atoms with Crippen molar-refractivity contribution < 1.29 is 4.42 Å². The predicted octanol–water partition coefficient (Wildman–Crippen LogP) is 14.2. The maximum absolute atomic E-state index is 6.89. The van der Waals surface area contributed by atoms with Crippen LogP contribution >= 0.6 is 0 Å². The maximum atomic E-state index is 6.89. The van der Waals surface area contributed by atoms with E-state index in [1.54, 1.807) is 0 Å². The van der Waals surface area contributed by atoms with Crippen LogP contribution in [0.3, 0.4) is 0 Å². The number of hydrogen-bond acceptors (Lipinski definition) is 2. The van der Waals surface area contributed by atoms with Crippen LogP contribution < -0.4 is 4.90 Å². The van der Waals surface area contributed by atoms with Gasteiger partial charge in [0.25, 0.3) is 0 Å². The molecule has 55 heavy (non-hydrogen) atoms. The standard InChI is InChI=1S/C53H33NO/c1-2-16-34(17-3-1)38-20-10-14-28-48(38)54(49-32-35-18-4-5-19-37(35)39-21-6-7-24-42(39)49)36-30-31-43-47(33-36)53(51-44-25-11-15-29-50(44)55-52(43)51)45-26-12-8-22-40(45)41-23-9-13-27-46(41)53/h1-33H. The third kappa shape index (κ3) is 4.08.